The van der Waals surface area contributed by atoms with Crippen LogP contribution in [-0.4, -0.2) is 0 Å². The standard InChI is InChI=1S/C14H15.C13H12Br.2ClH.Zr/c1-12(11-13-7-5-6-8-13)14-9-3-2-4-10-14;1-8-5-10-7-9-3-2-4-11(9)13(14)12(10)6-8;;;/h2-10,12H,11H2,1H3;5-7H,2-4H2,1H3;2*1H;/q2*-1;;;+4/p-2. The zero-order valence-corrected chi connectivity index (χ0v) is 23.5. The van der Waals surface area contributed by atoms with Crippen LogP contribution in [0.25, 0.3) is 10.8 Å². The number of halogens is 3. The summed E-state index contributed by atoms with van der Waals surface area (Å²) < 4.78 is 1.34. The summed E-state index contributed by atoms with van der Waals surface area (Å²) in [6, 6.07) is 26.2. The molecule has 0 saturated heterocycles. The van der Waals surface area contributed by atoms with E-state index in [0.717, 1.165) is 6.42 Å². The molecule has 1 atom stereocenters. The van der Waals surface area contributed by atoms with Crippen LogP contribution in [-0.2, 0) is 45.5 Å². The Morgan fingerprint density at radius 2 is 1.68 bits per heavy atom. The van der Waals surface area contributed by atoms with Crippen molar-refractivity contribution in [2.75, 3.05) is 0 Å². The zero-order chi connectivity index (χ0) is 19.5. The molecule has 4 aromatic rings. The number of aryl methyl sites for hydroxylation is 2. The second-order valence-corrected chi connectivity index (χ2v) is 8.82. The fraction of sp³-hybridized carbons (Fsp3) is 0.259. The van der Waals surface area contributed by atoms with E-state index in [1.54, 1.807) is 11.1 Å². The Balaban J connectivity index is 0.000000283. The van der Waals surface area contributed by atoms with Crippen LogP contribution in [0, 0.1) is 6.92 Å². The van der Waals surface area contributed by atoms with Gasteiger partial charge in [0.1, 0.15) is 0 Å². The first-order chi connectivity index (χ1) is 13.6. The zero-order valence-electron chi connectivity index (χ0n) is 18.0. The van der Waals surface area contributed by atoms with Crippen molar-refractivity contribution in [2.24, 2.45) is 0 Å². The van der Waals surface area contributed by atoms with Crippen molar-refractivity contribution in [2.45, 2.75) is 45.4 Å². The van der Waals surface area contributed by atoms with Crippen LogP contribution in [0.5, 0.6) is 0 Å². The van der Waals surface area contributed by atoms with Gasteiger partial charge in [-0.15, -0.1) is 28.5 Å². The summed E-state index contributed by atoms with van der Waals surface area (Å²) in [4.78, 5) is 0. The van der Waals surface area contributed by atoms with Gasteiger partial charge in [0.2, 0.25) is 0 Å². The second-order valence-electron chi connectivity index (χ2n) is 8.03. The van der Waals surface area contributed by atoms with E-state index in [1.807, 2.05) is 0 Å². The number of hydrogen-bond acceptors (Lipinski definition) is 0. The molecule has 0 fully saturated rings. The maximum Gasteiger partial charge on any atom is 4.00 e. The van der Waals surface area contributed by atoms with Gasteiger partial charge in [0.05, 0.1) is 0 Å². The summed E-state index contributed by atoms with van der Waals surface area (Å²) >= 11 is 3.75. The third-order valence-corrected chi connectivity index (χ3v) is 6.71. The Labute approximate surface area is 226 Å². The van der Waals surface area contributed by atoms with Gasteiger partial charge in [-0.1, -0.05) is 72.1 Å². The molecule has 0 bridgehead atoms. The van der Waals surface area contributed by atoms with E-state index >= 15 is 0 Å². The molecule has 5 rings (SSSR count). The Morgan fingerprint density at radius 1 is 1.00 bits per heavy atom. The molecule has 0 spiro atoms. The smallest absolute Gasteiger partial charge is 1.00 e. The Morgan fingerprint density at radius 3 is 2.35 bits per heavy atom. The van der Waals surface area contributed by atoms with Crippen LogP contribution < -0.4 is 24.8 Å². The first-order valence-electron chi connectivity index (χ1n) is 10.2. The van der Waals surface area contributed by atoms with Gasteiger partial charge in [0, 0.05) is 0 Å². The molecule has 4 heteroatoms. The van der Waals surface area contributed by atoms with E-state index in [4.69, 9.17) is 0 Å². The SMILES string of the molecule is CC(C[c-]1cccc1)c1ccccc1.Cc1cc2c(Br)c3c(cc2[cH-]1)CCC3.[Cl-].[Cl-].[Zr+4]. The minimum absolute atomic E-state index is 0. The van der Waals surface area contributed by atoms with Gasteiger partial charge in [-0.3, -0.25) is 0 Å². The predicted molar refractivity (Wildman–Crippen MR) is 125 cm³/mol. The molecule has 31 heavy (non-hydrogen) atoms. The first kappa shape index (κ1) is 28.4. The van der Waals surface area contributed by atoms with Crippen molar-refractivity contribution in [3.8, 4) is 0 Å². The first-order valence-corrected chi connectivity index (χ1v) is 11.0. The monoisotopic (exact) mass is 590 g/mol. The minimum Gasteiger partial charge on any atom is -1.00 e. The average molecular weight is 594 g/mol. The van der Waals surface area contributed by atoms with Gasteiger partial charge < -0.3 is 24.8 Å². The summed E-state index contributed by atoms with van der Waals surface area (Å²) in [5.74, 6) is 0.610. The molecule has 0 amide bonds. The largest absolute Gasteiger partial charge is 4.00 e. The second kappa shape index (κ2) is 13.1. The Hall–Kier alpha value is -0.657. The van der Waals surface area contributed by atoms with Gasteiger partial charge in [0.15, 0.2) is 0 Å². The molecular weight excluding hydrogens is 566 g/mol. The summed E-state index contributed by atoms with van der Waals surface area (Å²) in [5.41, 5.74) is 7.32. The van der Waals surface area contributed by atoms with Crippen LogP contribution in [0.1, 0.15) is 47.1 Å². The molecule has 0 aliphatic heterocycles. The molecule has 0 heterocycles. The van der Waals surface area contributed by atoms with Crippen molar-refractivity contribution < 1.29 is 51.0 Å². The fourth-order valence-corrected chi connectivity index (χ4v) is 5.11. The molecule has 0 N–H and O–H groups in total. The maximum atomic E-state index is 3.75. The van der Waals surface area contributed by atoms with Crippen LogP contribution in [0.4, 0.5) is 0 Å². The normalized spacial score (nSPS) is 12.5. The molecular formula is C27H27BrCl2Zr. The van der Waals surface area contributed by atoms with Gasteiger partial charge in [-0.25, -0.2) is 12.1 Å². The van der Waals surface area contributed by atoms with E-state index in [9.17, 15) is 0 Å². The third-order valence-electron chi connectivity index (χ3n) is 5.80. The van der Waals surface area contributed by atoms with Gasteiger partial charge >= 0.3 is 26.2 Å². The van der Waals surface area contributed by atoms with Crippen LogP contribution in [0.2, 0.25) is 0 Å². The topological polar surface area (TPSA) is 0 Å². The molecule has 1 aliphatic rings. The molecule has 0 radical (unpaired) electrons. The maximum absolute atomic E-state index is 3.75. The fourth-order valence-electron chi connectivity index (χ4n) is 4.32. The van der Waals surface area contributed by atoms with Crippen molar-refractivity contribution in [1.29, 1.82) is 0 Å². The van der Waals surface area contributed by atoms with E-state index in [0.29, 0.717) is 5.92 Å². The van der Waals surface area contributed by atoms with Gasteiger partial charge in [-0.05, 0) is 40.8 Å². The van der Waals surface area contributed by atoms with Crippen LogP contribution in [0.15, 0.2) is 77.3 Å². The molecule has 0 nitrogen and oxygen atoms in total. The van der Waals surface area contributed by atoms with Crippen molar-refractivity contribution in [3.05, 3.63) is 105 Å². The molecule has 0 aromatic heterocycles. The summed E-state index contributed by atoms with van der Waals surface area (Å²) in [7, 11) is 0. The Kier molecular flexibility index (Phi) is 12.0. The van der Waals surface area contributed by atoms with Crippen molar-refractivity contribution in [3.63, 3.8) is 0 Å². The van der Waals surface area contributed by atoms with E-state index < -0.39 is 0 Å². The van der Waals surface area contributed by atoms with Gasteiger partial charge in [0.25, 0.3) is 0 Å². The number of benzene rings is 2. The molecule has 0 saturated carbocycles. The summed E-state index contributed by atoms with van der Waals surface area (Å²) in [6.07, 6.45) is 4.96. The van der Waals surface area contributed by atoms with Crippen molar-refractivity contribution >= 4 is 26.7 Å². The third kappa shape index (κ3) is 6.91. The van der Waals surface area contributed by atoms with E-state index in [2.05, 4.69) is 103 Å². The van der Waals surface area contributed by atoms with E-state index in [1.165, 1.54) is 51.2 Å². The Bertz CT molecular complexity index is 1050. The quantitative estimate of drug-likeness (QED) is 0.319. The van der Waals surface area contributed by atoms with E-state index in [-0.39, 0.29) is 51.0 Å². The summed E-state index contributed by atoms with van der Waals surface area (Å²) in [5, 5.41) is 2.79. The predicted octanol–water partition coefficient (Wildman–Crippen LogP) is 1.88. The van der Waals surface area contributed by atoms with Crippen molar-refractivity contribution in [1.82, 2.24) is 0 Å². The molecule has 160 valence electrons. The number of hydrogen-bond donors (Lipinski definition) is 0. The molecule has 1 aliphatic carbocycles. The minimum atomic E-state index is 0. The summed E-state index contributed by atoms with van der Waals surface area (Å²) in [6.45, 7) is 4.44. The van der Waals surface area contributed by atoms with Crippen LogP contribution >= 0.6 is 15.9 Å². The molecule has 4 aromatic carbocycles. The van der Waals surface area contributed by atoms with Crippen LogP contribution in [0.3, 0.4) is 0 Å². The average Bonchev–Trinajstić information content (AvgIpc) is 3.44. The number of rotatable bonds is 3. The molecule has 1 unspecified atom stereocenters. The van der Waals surface area contributed by atoms with Gasteiger partial charge in [-0.2, -0.15) is 23.8 Å². The number of fused-ring (bicyclic) bond motifs is 2.